The molecule has 2 N–H and O–H groups in total. The summed E-state index contributed by atoms with van der Waals surface area (Å²) in [6, 6.07) is 6.83. The predicted molar refractivity (Wildman–Crippen MR) is 86.0 cm³/mol. The minimum absolute atomic E-state index is 0.0325. The van der Waals surface area contributed by atoms with E-state index in [1.165, 1.54) is 30.3 Å². The Morgan fingerprint density at radius 3 is 2.88 bits per heavy atom. The first kappa shape index (κ1) is 16.0. The van der Waals surface area contributed by atoms with Crippen molar-refractivity contribution in [1.29, 1.82) is 0 Å². The monoisotopic (exact) mass is 351 g/mol. The van der Waals surface area contributed by atoms with Crippen LogP contribution in [0.25, 0.3) is 0 Å². The smallest absolute Gasteiger partial charge is 0.296 e. The van der Waals surface area contributed by atoms with Crippen LogP contribution in [0.4, 0.5) is 21.5 Å². The molecule has 0 bridgehead atoms. The van der Waals surface area contributed by atoms with Crippen LogP contribution in [-0.4, -0.2) is 17.4 Å². The van der Waals surface area contributed by atoms with Gasteiger partial charge in [0.15, 0.2) is 12.4 Å². The molecule has 0 aliphatic carbocycles. The number of fused-ring (bicyclic) bond motifs is 1. The maximum Gasteiger partial charge on any atom is 0.296 e. The standard InChI is InChI=1S/C15H11ClFN3O4/c16-9-3-8(1-2-10(9)17)6-18-11-4-12-14(5-13(11)20(22)23)24-7-15(21)19-12/h1-5,18H,6-7H2,(H,19,21). The lowest BCUT2D eigenvalue weighted by atomic mass is 10.1. The van der Waals surface area contributed by atoms with E-state index in [9.17, 15) is 19.3 Å². The quantitative estimate of drug-likeness (QED) is 0.651. The first-order chi connectivity index (χ1) is 11.4. The van der Waals surface area contributed by atoms with Crippen LogP contribution in [0.5, 0.6) is 5.75 Å². The number of nitro groups is 1. The second-order valence-corrected chi connectivity index (χ2v) is 5.47. The molecule has 1 heterocycles. The van der Waals surface area contributed by atoms with E-state index >= 15 is 0 Å². The highest BCUT2D eigenvalue weighted by Gasteiger charge is 2.23. The summed E-state index contributed by atoms with van der Waals surface area (Å²) in [5.74, 6) is -0.649. The summed E-state index contributed by atoms with van der Waals surface area (Å²) in [7, 11) is 0. The Bertz CT molecular complexity index is 844. The molecule has 9 heteroatoms. The number of amides is 1. The number of hydrogen-bond donors (Lipinski definition) is 2. The number of rotatable bonds is 4. The molecule has 124 valence electrons. The van der Waals surface area contributed by atoms with Crippen molar-refractivity contribution in [3.63, 3.8) is 0 Å². The van der Waals surface area contributed by atoms with Crippen LogP contribution in [0.3, 0.4) is 0 Å². The van der Waals surface area contributed by atoms with E-state index in [1.54, 1.807) is 0 Å². The third-order valence-electron chi connectivity index (χ3n) is 3.39. The average molecular weight is 352 g/mol. The van der Waals surface area contributed by atoms with Gasteiger partial charge < -0.3 is 15.4 Å². The second kappa shape index (κ2) is 6.32. The summed E-state index contributed by atoms with van der Waals surface area (Å²) in [6.45, 7) is -0.000557. The molecule has 0 atom stereocenters. The number of halogens is 2. The van der Waals surface area contributed by atoms with Gasteiger partial charge in [0.1, 0.15) is 11.5 Å². The van der Waals surface area contributed by atoms with Crippen LogP contribution in [0.1, 0.15) is 5.56 Å². The fourth-order valence-electron chi connectivity index (χ4n) is 2.26. The lowest BCUT2D eigenvalue weighted by Crippen LogP contribution is -2.25. The summed E-state index contributed by atoms with van der Waals surface area (Å²) in [5, 5.41) is 16.7. The highest BCUT2D eigenvalue weighted by atomic mass is 35.5. The van der Waals surface area contributed by atoms with Gasteiger partial charge >= 0.3 is 0 Å². The molecule has 24 heavy (non-hydrogen) atoms. The molecule has 0 aromatic heterocycles. The highest BCUT2D eigenvalue weighted by molar-refractivity contribution is 6.30. The van der Waals surface area contributed by atoms with Crippen LogP contribution >= 0.6 is 11.6 Å². The van der Waals surface area contributed by atoms with E-state index in [0.29, 0.717) is 11.3 Å². The number of anilines is 2. The molecule has 1 aliphatic heterocycles. The zero-order chi connectivity index (χ0) is 17.3. The van der Waals surface area contributed by atoms with Gasteiger partial charge in [0, 0.05) is 6.54 Å². The average Bonchev–Trinajstić information content (AvgIpc) is 2.54. The molecule has 3 rings (SSSR count). The van der Waals surface area contributed by atoms with Gasteiger partial charge in [-0.2, -0.15) is 0 Å². The normalized spacial score (nSPS) is 12.8. The molecular formula is C15H11ClFN3O4. The van der Waals surface area contributed by atoms with Crippen molar-refractivity contribution in [2.45, 2.75) is 6.54 Å². The summed E-state index contributed by atoms with van der Waals surface area (Å²) in [4.78, 5) is 22.0. The van der Waals surface area contributed by atoms with Crippen LogP contribution in [0.15, 0.2) is 30.3 Å². The van der Waals surface area contributed by atoms with Gasteiger partial charge in [0.05, 0.1) is 21.7 Å². The number of ether oxygens (including phenoxy) is 1. The van der Waals surface area contributed by atoms with Crippen molar-refractivity contribution >= 4 is 34.6 Å². The lowest BCUT2D eigenvalue weighted by Gasteiger charge is -2.19. The van der Waals surface area contributed by atoms with Gasteiger partial charge in [-0.25, -0.2) is 4.39 Å². The number of nitro benzene ring substituents is 1. The van der Waals surface area contributed by atoms with E-state index in [1.807, 2.05) is 0 Å². The SMILES string of the molecule is O=C1COc2cc([N+](=O)[O-])c(NCc3ccc(F)c(Cl)c3)cc2N1. The number of carbonyl (C=O) groups excluding carboxylic acids is 1. The molecule has 0 radical (unpaired) electrons. The third-order valence-corrected chi connectivity index (χ3v) is 3.68. The van der Waals surface area contributed by atoms with Gasteiger partial charge in [0.25, 0.3) is 11.6 Å². The highest BCUT2D eigenvalue weighted by Crippen LogP contribution is 2.38. The van der Waals surface area contributed by atoms with E-state index in [0.717, 1.165) is 0 Å². The van der Waals surface area contributed by atoms with Crippen molar-refractivity contribution in [3.05, 3.63) is 56.8 Å². The Kier molecular flexibility index (Phi) is 4.22. The van der Waals surface area contributed by atoms with Crippen LogP contribution < -0.4 is 15.4 Å². The molecular weight excluding hydrogens is 341 g/mol. The van der Waals surface area contributed by atoms with Gasteiger partial charge in [-0.15, -0.1) is 0 Å². The van der Waals surface area contributed by atoms with Crippen molar-refractivity contribution in [2.75, 3.05) is 17.2 Å². The Morgan fingerprint density at radius 2 is 2.17 bits per heavy atom. The molecule has 1 amide bonds. The summed E-state index contributed by atoms with van der Waals surface area (Å²) in [5.41, 5.74) is 0.994. The third kappa shape index (κ3) is 3.23. The maximum atomic E-state index is 13.2. The first-order valence-electron chi connectivity index (χ1n) is 6.87. The fraction of sp³-hybridized carbons (Fsp3) is 0.133. The zero-order valence-electron chi connectivity index (χ0n) is 12.1. The van der Waals surface area contributed by atoms with Crippen molar-refractivity contribution in [1.82, 2.24) is 0 Å². The van der Waals surface area contributed by atoms with Gasteiger partial charge in [-0.3, -0.25) is 14.9 Å². The predicted octanol–water partition coefficient (Wildman–Crippen LogP) is 3.33. The zero-order valence-corrected chi connectivity index (χ0v) is 12.9. The number of nitrogens with zero attached hydrogens (tertiary/aromatic N) is 1. The molecule has 0 unspecified atom stereocenters. The maximum absolute atomic E-state index is 13.2. The van der Waals surface area contributed by atoms with Crippen molar-refractivity contribution in [2.24, 2.45) is 0 Å². The number of benzene rings is 2. The molecule has 7 nitrogen and oxygen atoms in total. The van der Waals surface area contributed by atoms with E-state index in [2.05, 4.69) is 10.6 Å². The molecule has 2 aromatic carbocycles. The number of nitrogens with one attached hydrogen (secondary N) is 2. The number of hydrogen-bond acceptors (Lipinski definition) is 5. The fourth-order valence-corrected chi connectivity index (χ4v) is 2.46. The number of carbonyl (C=O) groups is 1. The molecule has 0 saturated heterocycles. The van der Waals surface area contributed by atoms with E-state index < -0.39 is 10.7 Å². The Labute approximate surface area is 140 Å². The first-order valence-corrected chi connectivity index (χ1v) is 7.25. The van der Waals surface area contributed by atoms with Crippen LogP contribution in [0.2, 0.25) is 5.02 Å². The van der Waals surface area contributed by atoms with Crippen LogP contribution in [0, 0.1) is 15.9 Å². The Morgan fingerprint density at radius 1 is 1.38 bits per heavy atom. The Balaban J connectivity index is 1.88. The lowest BCUT2D eigenvalue weighted by molar-refractivity contribution is -0.384. The van der Waals surface area contributed by atoms with Crippen molar-refractivity contribution in [3.8, 4) is 5.75 Å². The van der Waals surface area contributed by atoms with E-state index in [-0.39, 0.29) is 41.2 Å². The van der Waals surface area contributed by atoms with Crippen molar-refractivity contribution < 1.29 is 18.8 Å². The summed E-state index contributed by atoms with van der Waals surface area (Å²) < 4.78 is 18.3. The minimum Gasteiger partial charge on any atom is -0.481 e. The molecule has 2 aromatic rings. The Hall–Kier alpha value is -2.87. The summed E-state index contributed by atoms with van der Waals surface area (Å²) >= 11 is 5.71. The van der Waals surface area contributed by atoms with Gasteiger partial charge in [-0.05, 0) is 23.8 Å². The molecule has 1 aliphatic rings. The molecule has 0 saturated carbocycles. The van der Waals surface area contributed by atoms with Crippen LogP contribution in [-0.2, 0) is 11.3 Å². The minimum atomic E-state index is -0.556. The second-order valence-electron chi connectivity index (χ2n) is 5.06. The summed E-state index contributed by atoms with van der Waals surface area (Å²) in [6.07, 6.45) is 0. The topological polar surface area (TPSA) is 93.5 Å². The largest absolute Gasteiger partial charge is 0.481 e. The molecule has 0 fully saturated rings. The molecule has 0 spiro atoms. The van der Waals surface area contributed by atoms with Gasteiger partial charge in [0.2, 0.25) is 0 Å². The van der Waals surface area contributed by atoms with E-state index in [4.69, 9.17) is 16.3 Å². The van der Waals surface area contributed by atoms with Gasteiger partial charge in [-0.1, -0.05) is 17.7 Å².